The van der Waals surface area contributed by atoms with Crippen LogP contribution in [0.15, 0.2) is 0 Å². The summed E-state index contributed by atoms with van der Waals surface area (Å²) < 4.78 is 4.70. The minimum atomic E-state index is -0.693. The van der Waals surface area contributed by atoms with Crippen LogP contribution in [0, 0.1) is 5.92 Å². The lowest BCUT2D eigenvalue weighted by Crippen LogP contribution is -2.49. The largest absolute Gasteiger partial charge is 0.468 e. The molecule has 0 aromatic heterocycles. The van der Waals surface area contributed by atoms with Gasteiger partial charge in [-0.2, -0.15) is 0 Å². The van der Waals surface area contributed by atoms with Crippen molar-refractivity contribution in [3.63, 3.8) is 0 Å². The number of methoxy groups -OCH3 is 1. The molecule has 0 aromatic rings. The van der Waals surface area contributed by atoms with Crippen LogP contribution in [-0.4, -0.2) is 37.1 Å². The summed E-state index contributed by atoms with van der Waals surface area (Å²) >= 11 is 0. The second-order valence-electron chi connectivity index (χ2n) is 4.13. The zero-order chi connectivity index (χ0) is 10.3. The summed E-state index contributed by atoms with van der Waals surface area (Å²) in [6.07, 6.45) is 0.524. The average molecular weight is 198 g/mol. The Kier molecular flexibility index (Phi) is 1.99. The molecular weight excluding hydrogens is 184 g/mol. The van der Waals surface area contributed by atoms with Gasteiger partial charge < -0.3 is 10.1 Å². The van der Waals surface area contributed by atoms with Crippen molar-refractivity contribution in [2.75, 3.05) is 13.7 Å². The molecule has 0 aromatic carbocycles. The summed E-state index contributed by atoms with van der Waals surface area (Å²) in [5.41, 5.74) is -0.693. The number of esters is 1. The molecule has 5 heteroatoms. The van der Waals surface area contributed by atoms with Gasteiger partial charge in [0.2, 0.25) is 5.91 Å². The number of carbonyl (C=O) groups is 2. The molecule has 3 atom stereocenters. The van der Waals surface area contributed by atoms with Crippen molar-refractivity contribution in [1.29, 1.82) is 0 Å². The van der Waals surface area contributed by atoms with Crippen molar-refractivity contribution in [3.8, 4) is 0 Å². The fourth-order valence-corrected chi connectivity index (χ4v) is 2.33. The van der Waals surface area contributed by atoms with Crippen LogP contribution in [0.3, 0.4) is 0 Å². The Morgan fingerprint density at radius 1 is 1.64 bits per heavy atom. The van der Waals surface area contributed by atoms with E-state index in [2.05, 4.69) is 10.6 Å². The lowest BCUT2D eigenvalue weighted by molar-refractivity contribution is -0.147. The Morgan fingerprint density at radius 3 is 2.93 bits per heavy atom. The number of nitrogens with one attached hydrogen (secondary N) is 2. The van der Waals surface area contributed by atoms with E-state index in [0.29, 0.717) is 13.0 Å². The first kappa shape index (κ1) is 9.45. The molecule has 0 spiro atoms. The van der Waals surface area contributed by atoms with Gasteiger partial charge in [0, 0.05) is 12.6 Å². The zero-order valence-electron chi connectivity index (χ0n) is 8.29. The summed E-state index contributed by atoms with van der Waals surface area (Å²) in [6.45, 7) is 2.39. The van der Waals surface area contributed by atoms with Crippen molar-refractivity contribution >= 4 is 11.9 Å². The molecule has 0 saturated carbocycles. The highest BCUT2D eigenvalue weighted by Crippen LogP contribution is 2.32. The van der Waals surface area contributed by atoms with Gasteiger partial charge in [-0.15, -0.1) is 0 Å². The van der Waals surface area contributed by atoms with Crippen LogP contribution in [0.4, 0.5) is 0 Å². The molecule has 2 N–H and O–H groups in total. The fraction of sp³-hybridized carbons (Fsp3) is 0.778. The zero-order valence-corrected chi connectivity index (χ0v) is 8.29. The van der Waals surface area contributed by atoms with Crippen molar-refractivity contribution in [2.24, 2.45) is 5.92 Å². The van der Waals surface area contributed by atoms with Gasteiger partial charge in [-0.3, -0.25) is 14.9 Å². The third-order valence-corrected chi connectivity index (χ3v) is 3.09. The second-order valence-corrected chi connectivity index (χ2v) is 4.13. The summed E-state index contributed by atoms with van der Waals surface area (Å²) in [5, 5.41) is 5.92. The third-order valence-electron chi connectivity index (χ3n) is 3.09. The number of hydrogen-bond acceptors (Lipinski definition) is 4. The van der Waals surface area contributed by atoms with Gasteiger partial charge in [0.15, 0.2) is 0 Å². The summed E-state index contributed by atoms with van der Waals surface area (Å²) in [6, 6.07) is 0.0756. The van der Waals surface area contributed by atoms with E-state index >= 15 is 0 Å². The number of hydrogen-bond donors (Lipinski definition) is 2. The summed E-state index contributed by atoms with van der Waals surface area (Å²) in [5.74, 6) is -0.339. The molecule has 2 aliphatic rings. The van der Waals surface area contributed by atoms with E-state index in [0.717, 1.165) is 0 Å². The minimum Gasteiger partial charge on any atom is -0.468 e. The number of rotatable bonds is 1. The molecule has 2 fully saturated rings. The topological polar surface area (TPSA) is 67.4 Å². The Hall–Kier alpha value is -1.10. The van der Waals surface area contributed by atoms with Gasteiger partial charge in [-0.05, 0) is 13.3 Å². The third kappa shape index (κ3) is 1.19. The van der Waals surface area contributed by atoms with Crippen molar-refractivity contribution < 1.29 is 14.3 Å². The average Bonchev–Trinajstić information content (AvgIpc) is 2.65. The molecule has 14 heavy (non-hydrogen) atoms. The predicted molar refractivity (Wildman–Crippen MR) is 48.5 cm³/mol. The predicted octanol–water partition coefficient (Wildman–Crippen LogP) is -0.974. The molecule has 0 radical (unpaired) electrons. The van der Waals surface area contributed by atoms with Crippen LogP contribution in [0.25, 0.3) is 0 Å². The maximum Gasteiger partial charge on any atom is 0.325 e. The SMILES string of the molecule is COC(=O)[C@]1(C)C[C@@H]2C(=O)NC[C@@H]2N1. The lowest BCUT2D eigenvalue weighted by atomic mass is 9.94. The molecule has 0 unspecified atom stereocenters. The highest BCUT2D eigenvalue weighted by Gasteiger charge is 2.52. The second kappa shape index (κ2) is 2.95. The molecule has 2 aliphatic heterocycles. The van der Waals surface area contributed by atoms with Crippen LogP contribution < -0.4 is 10.6 Å². The Bertz CT molecular complexity index is 292. The first-order valence-electron chi connectivity index (χ1n) is 4.70. The number of ether oxygens (including phenoxy) is 1. The fourth-order valence-electron chi connectivity index (χ4n) is 2.33. The van der Waals surface area contributed by atoms with Crippen molar-refractivity contribution in [2.45, 2.75) is 24.9 Å². The first-order chi connectivity index (χ1) is 6.57. The molecule has 2 rings (SSSR count). The summed E-state index contributed by atoms with van der Waals surface area (Å²) in [4.78, 5) is 22.8. The Balaban J connectivity index is 2.14. The van der Waals surface area contributed by atoms with Gasteiger partial charge >= 0.3 is 5.97 Å². The van der Waals surface area contributed by atoms with E-state index in [-0.39, 0.29) is 23.8 Å². The van der Waals surface area contributed by atoms with Crippen LogP contribution in [0.1, 0.15) is 13.3 Å². The van der Waals surface area contributed by atoms with E-state index in [9.17, 15) is 9.59 Å². The Morgan fingerprint density at radius 2 is 2.36 bits per heavy atom. The molecule has 0 aliphatic carbocycles. The first-order valence-corrected chi connectivity index (χ1v) is 4.70. The molecular formula is C9H14N2O3. The van der Waals surface area contributed by atoms with Crippen LogP contribution in [-0.2, 0) is 14.3 Å². The van der Waals surface area contributed by atoms with Gasteiger partial charge in [0.25, 0.3) is 0 Å². The highest BCUT2D eigenvalue weighted by molar-refractivity contribution is 5.87. The molecule has 1 amide bonds. The molecule has 2 saturated heterocycles. The molecule has 78 valence electrons. The summed E-state index contributed by atoms with van der Waals surface area (Å²) in [7, 11) is 1.36. The van der Waals surface area contributed by atoms with Crippen molar-refractivity contribution in [1.82, 2.24) is 10.6 Å². The van der Waals surface area contributed by atoms with E-state index < -0.39 is 5.54 Å². The number of carbonyl (C=O) groups excluding carboxylic acids is 2. The highest BCUT2D eigenvalue weighted by atomic mass is 16.5. The van der Waals surface area contributed by atoms with E-state index in [1.54, 1.807) is 6.92 Å². The number of fused-ring (bicyclic) bond motifs is 1. The smallest absolute Gasteiger partial charge is 0.325 e. The monoisotopic (exact) mass is 198 g/mol. The normalized spacial score (nSPS) is 40.6. The standard InChI is InChI=1S/C9H14N2O3/c1-9(8(13)14-2)3-5-6(11-9)4-10-7(5)12/h5-6,11H,3-4H2,1-2H3,(H,10,12)/t5-,6-,9-/m0/s1. The molecule has 5 nitrogen and oxygen atoms in total. The minimum absolute atomic E-state index is 0.0372. The lowest BCUT2D eigenvalue weighted by Gasteiger charge is -2.22. The maximum absolute atomic E-state index is 11.5. The van der Waals surface area contributed by atoms with Crippen molar-refractivity contribution in [3.05, 3.63) is 0 Å². The number of amides is 1. The van der Waals surface area contributed by atoms with E-state index in [1.165, 1.54) is 7.11 Å². The van der Waals surface area contributed by atoms with E-state index in [4.69, 9.17) is 4.74 Å². The van der Waals surface area contributed by atoms with Gasteiger partial charge in [-0.25, -0.2) is 0 Å². The van der Waals surface area contributed by atoms with E-state index in [1.807, 2.05) is 0 Å². The Labute approximate surface area is 82.2 Å². The van der Waals surface area contributed by atoms with Crippen LogP contribution >= 0.6 is 0 Å². The van der Waals surface area contributed by atoms with Gasteiger partial charge in [0.1, 0.15) is 5.54 Å². The molecule has 0 bridgehead atoms. The van der Waals surface area contributed by atoms with Gasteiger partial charge in [-0.1, -0.05) is 0 Å². The van der Waals surface area contributed by atoms with Gasteiger partial charge in [0.05, 0.1) is 13.0 Å². The maximum atomic E-state index is 11.5. The van der Waals surface area contributed by atoms with Crippen LogP contribution in [0.2, 0.25) is 0 Å². The molecule has 2 heterocycles. The van der Waals surface area contributed by atoms with Crippen LogP contribution in [0.5, 0.6) is 0 Å². The quantitative estimate of drug-likeness (QED) is 0.532.